The van der Waals surface area contributed by atoms with Crippen molar-refractivity contribution < 1.29 is 25.7 Å². The Morgan fingerprint density at radius 2 is 1.43 bits per heavy atom. The number of hydrogen-bond acceptors (Lipinski definition) is 6. The highest BCUT2D eigenvalue weighted by Crippen LogP contribution is 2.15. The van der Waals surface area contributed by atoms with Gasteiger partial charge in [-0.15, -0.1) is 0 Å². The van der Waals surface area contributed by atoms with Crippen LogP contribution in [0.15, 0.2) is 0 Å². The van der Waals surface area contributed by atoms with Crippen molar-refractivity contribution in [2.45, 2.75) is 70.0 Å². The first kappa shape index (κ1) is 20.8. The van der Waals surface area contributed by atoms with Crippen molar-refractivity contribution >= 4 is 20.2 Å². The highest BCUT2D eigenvalue weighted by molar-refractivity contribution is 7.90. The lowest BCUT2D eigenvalue weighted by Gasteiger charge is -2.12. The molecule has 0 spiro atoms. The highest BCUT2D eigenvalue weighted by atomic mass is 32.2. The first-order chi connectivity index (χ1) is 9.73. The van der Waals surface area contributed by atoms with Crippen molar-refractivity contribution in [3.63, 3.8) is 0 Å². The number of nitrogens with two attached hydrogens (primary N) is 1. The maximum atomic E-state index is 11.2. The van der Waals surface area contributed by atoms with E-state index in [1.54, 1.807) is 0 Å². The molecule has 0 rings (SSSR count). The van der Waals surface area contributed by atoms with Gasteiger partial charge in [0.05, 0.1) is 5.75 Å². The van der Waals surface area contributed by atoms with Crippen LogP contribution < -0.4 is 5.90 Å². The Balaban J connectivity index is 4.05. The molecule has 1 unspecified atom stereocenters. The zero-order chi connectivity index (χ0) is 16.4. The molecule has 0 saturated carbocycles. The summed E-state index contributed by atoms with van der Waals surface area (Å²) in [5.74, 6) is 3.75. The molecule has 0 bridgehead atoms. The van der Waals surface area contributed by atoms with E-state index >= 15 is 0 Å². The van der Waals surface area contributed by atoms with E-state index in [4.69, 9.17) is 4.55 Å². The number of hydrogen-bond donors (Lipinski definition) is 2. The molecule has 0 aliphatic carbocycles. The summed E-state index contributed by atoms with van der Waals surface area (Å²) < 4.78 is 57.4. The van der Waals surface area contributed by atoms with Gasteiger partial charge >= 0.3 is 0 Å². The summed E-state index contributed by atoms with van der Waals surface area (Å²) in [6.07, 6.45) is 8.26. The molecule has 0 aliphatic heterocycles. The van der Waals surface area contributed by atoms with E-state index in [-0.39, 0.29) is 6.42 Å². The maximum Gasteiger partial charge on any atom is 0.284 e. The van der Waals surface area contributed by atoms with Gasteiger partial charge in [0, 0.05) is 0 Å². The second-order valence-electron chi connectivity index (χ2n) is 5.22. The Bertz CT molecular complexity index is 460. The van der Waals surface area contributed by atoms with Gasteiger partial charge in [0.15, 0.2) is 0 Å². The molecular weight excluding hydrogens is 318 g/mol. The Kier molecular flexibility index (Phi) is 10.4. The van der Waals surface area contributed by atoms with Crippen molar-refractivity contribution in [3.05, 3.63) is 0 Å². The minimum absolute atomic E-state index is 0.0797. The number of rotatable bonds is 13. The van der Waals surface area contributed by atoms with Crippen molar-refractivity contribution in [3.8, 4) is 0 Å². The largest absolute Gasteiger partial charge is 0.285 e. The predicted molar refractivity (Wildman–Crippen MR) is 81.6 cm³/mol. The van der Waals surface area contributed by atoms with Crippen LogP contribution in [0.5, 0.6) is 0 Å². The summed E-state index contributed by atoms with van der Waals surface area (Å²) in [4.78, 5) is 0. The molecule has 0 aliphatic rings. The Morgan fingerprint density at radius 3 is 1.86 bits per heavy atom. The summed E-state index contributed by atoms with van der Waals surface area (Å²) in [6, 6.07) is 0. The minimum atomic E-state index is -4.43. The van der Waals surface area contributed by atoms with Crippen LogP contribution in [0.25, 0.3) is 0 Å². The first-order valence-corrected chi connectivity index (χ1v) is 10.4. The molecule has 0 fully saturated rings. The second-order valence-corrected chi connectivity index (χ2v) is 8.56. The van der Waals surface area contributed by atoms with Gasteiger partial charge in [-0.2, -0.15) is 27.0 Å². The minimum Gasteiger partial charge on any atom is -0.285 e. The monoisotopic (exact) mass is 345 g/mol. The second kappa shape index (κ2) is 10.5. The van der Waals surface area contributed by atoms with Gasteiger partial charge in [-0.1, -0.05) is 58.3 Å². The normalized spacial score (nSPS) is 14.2. The lowest BCUT2D eigenvalue weighted by Crippen LogP contribution is -2.31. The topological polar surface area (TPSA) is 124 Å². The molecular formula is C12H27NO6S2. The van der Waals surface area contributed by atoms with E-state index in [1.165, 1.54) is 19.3 Å². The third-order valence-corrected chi connectivity index (χ3v) is 5.90. The van der Waals surface area contributed by atoms with Crippen LogP contribution >= 0.6 is 0 Å². The van der Waals surface area contributed by atoms with Gasteiger partial charge in [0.1, 0.15) is 5.25 Å². The van der Waals surface area contributed by atoms with E-state index in [2.05, 4.69) is 17.1 Å². The average molecular weight is 345 g/mol. The molecule has 7 nitrogen and oxygen atoms in total. The fourth-order valence-corrected chi connectivity index (χ4v) is 4.44. The summed E-state index contributed by atoms with van der Waals surface area (Å²) in [5, 5.41) is -1.38. The Hall–Kier alpha value is -0.220. The van der Waals surface area contributed by atoms with Crippen LogP contribution in [-0.2, 0) is 24.5 Å². The molecule has 3 N–H and O–H groups in total. The molecule has 0 aromatic heterocycles. The van der Waals surface area contributed by atoms with E-state index in [0.29, 0.717) is 6.42 Å². The van der Waals surface area contributed by atoms with Crippen LogP contribution in [-0.4, -0.2) is 32.4 Å². The molecule has 0 saturated heterocycles. The van der Waals surface area contributed by atoms with Gasteiger partial charge in [-0.05, 0) is 6.42 Å². The SMILES string of the molecule is CCCCCCCCCCC(CS(=O)(=O)ON)S(=O)(=O)O. The standard InChI is InChI=1S/C12H27NO6S2/c1-2-3-4-5-6-7-8-9-10-12(21(16,17)18)11-20(14,15)19-13/h12H,2-11,13H2,1H3,(H,16,17,18). The molecule has 0 aromatic carbocycles. The lowest BCUT2D eigenvalue weighted by atomic mass is 10.1. The van der Waals surface area contributed by atoms with Crippen LogP contribution in [0.2, 0.25) is 0 Å². The molecule has 128 valence electrons. The molecule has 1 atom stereocenters. The molecule has 0 radical (unpaired) electrons. The van der Waals surface area contributed by atoms with Gasteiger partial charge < -0.3 is 0 Å². The zero-order valence-electron chi connectivity index (χ0n) is 12.5. The average Bonchev–Trinajstić information content (AvgIpc) is 2.39. The molecule has 0 amide bonds. The fourth-order valence-electron chi connectivity index (χ4n) is 2.09. The van der Waals surface area contributed by atoms with Gasteiger partial charge in [0.25, 0.3) is 20.2 Å². The maximum absolute atomic E-state index is 11.2. The van der Waals surface area contributed by atoms with Crippen LogP contribution in [0, 0.1) is 0 Å². The van der Waals surface area contributed by atoms with Crippen LogP contribution in [0.1, 0.15) is 64.7 Å². The fraction of sp³-hybridized carbons (Fsp3) is 1.00. The quantitative estimate of drug-likeness (QED) is 0.297. The van der Waals surface area contributed by atoms with Crippen molar-refractivity contribution in [2.24, 2.45) is 5.90 Å². The molecule has 0 aromatic rings. The molecule has 9 heteroatoms. The van der Waals surface area contributed by atoms with Gasteiger partial charge in [-0.25, -0.2) is 0 Å². The van der Waals surface area contributed by atoms with Gasteiger partial charge in [0.2, 0.25) is 0 Å². The summed E-state index contributed by atoms with van der Waals surface area (Å²) in [6.45, 7) is 2.15. The van der Waals surface area contributed by atoms with Crippen molar-refractivity contribution in [2.75, 3.05) is 5.75 Å². The Labute approximate surface area is 128 Å². The number of unbranched alkanes of at least 4 members (excludes halogenated alkanes) is 7. The van der Waals surface area contributed by atoms with Crippen LogP contribution in [0.3, 0.4) is 0 Å². The third kappa shape index (κ3) is 11.1. The smallest absolute Gasteiger partial charge is 0.284 e. The van der Waals surface area contributed by atoms with E-state index in [9.17, 15) is 16.8 Å². The summed E-state index contributed by atoms with van der Waals surface area (Å²) in [5.41, 5.74) is 0. The molecule has 21 heavy (non-hydrogen) atoms. The van der Waals surface area contributed by atoms with Crippen molar-refractivity contribution in [1.29, 1.82) is 0 Å². The highest BCUT2D eigenvalue weighted by Gasteiger charge is 2.29. The summed E-state index contributed by atoms with van der Waals surface area (Å²) >= 11 is 0. The predicted octanol–water partition coefficient (Wildman–Crippen LogP) is 1.99. The van der Waals surface area contributed by atoms with E-state index < -0.39 is 31.2 Å². The van der Waals surface area contributed by atoms with E-state index in [1.807, 2.05) is 0 Å². The third-order valence-electron chi connectivity index (χ3n) is 3.34. The lowest BCUT2D eigenvalue weighted by molar-refractivity contribution is 0.331. The first-order valence-electron chi connectivity index (χ1n) is 7.30. The molecule has 0 heterocycles. The van der Waals surface area contributed by atoms with Crippen LogP contribution in [0.4, 0.5) is 0 Å². The Morgan fingerprint density at radius 1 is 0.952 bits per heavy atom. The van der Waals surface area contributed by atoms with Crippen molar-refractivity contribution in [1.82, 2.24) is 0 Å². The van der Waals surface area contributed by atoms with E-state index in [0.717, 1.165) is 25.7 Å². The van der Waals surface area contributed by atoms with Gasteiger partial charge in [-0.3, -0.25) is 4.55 Å². The zero-order valence-corrected chi connectivity index (χ0v) is 14.2. The summed E-state index contributed by atoms with van der Waals surface area (Å²) in [7, 11) is -8.55.